The van der Waals surface area contributed by atoms with Gasteiger partial charge >= 0.3 is 5.97 Å². The smallest absolute Gasteiger partial charge is 0.329 e. The average molecular weight is 254 g/mol. The van der Waals surface area contributed by atoms with Crippen LogP contribution in [0.1, 0.15) is 43.6 Å². The van der Waals surface area contributed by atoms with E-state index in [0.717, 1.165) is 0 Å². The molecule has 1 aliphatic rings. The number of carbonyl (C=O) groups is 1. The zero-order valence-electron chi connectivity index (χ0n) is 10.3. The zero-order valence-corrected chi connectivity index (χ0v) is 10.3. The van der Waals surface area contributed by atoms with Crippen molar-refractivity contribution in [1.29, 1.82) is 0 Å². The van der Waals surface area contributed by atoms with Crippen molar-refractivity contribution in [2.45, 2.75) is 38.0 Å². The molecule has 0 saturated heterocycles. The molecule has 0 amide bonds. The fraction of sp³-hybridized carbons (Fsp3) is 0.500. The first kappa shape index (κ1) is 14.6. The maximum absolute atomic E-state index is 12.7. The van der Waals surface area contributed by atoms with E-state index in [2.05, 4.69) is 0 Å². The highest BCUT2D eigenvalue weighted by Crippen LogP contribution is 2.32. The largest absolute Gasteiger partial charge is 0.480 e. The Bertz CT molecular complexity index is 356. The van der Waals surface area contributed by atoms with E-state index in [9.17, 15) is 4.39 Å². The standard InChI is InChI=1S/C12H15F.C2H4O3/c13-12-8-6-11(7-9-12)10-4-2-1-3-5-10;3-1-2(4)5/h6-10H,1-5H2;3H,1H2,(H,4,5). The summed E-state index contributed by atoms with van der Waals surface area (Å²) in [5.74, 6) is -0.626. The maximum Gasteiger partial charge on any atom is 0.329 e. The van der Waals surface area contributed by atoms with Crippen molar-refractivity contribution in [2.75, 3.05) is 6.61 Å². The van der Waals surface area contributed by atoms with Gasteiger partial charge in [0, 0.05) is 0 Å². The number of rotatable bonds is 2. The second-order valence-electron chi connectivity index (χ2n) is 4.44. The van der Waals surface area contributed by atoms with Crippen LogP contribution in [0.4, 0.5) is 4.39 Å². The van der Waals surface area contributed by atoms with Crippen LogP contribution in [0, 0.1) is 5.82 Å². The molecule has 0 atom stereocenters. The van der Waals surface area contributed by atoms with E-state index in [4.69, 9.17) is 15.0 Å². The molecule has 1 aromatic carbocycles. The number of benzene rings is 1. The van der Waals surface area contributed by atoms with E-state index in [1.54, 1.807) is 12.1 Å². The van der Waals surface area contributed by atoms with Gasteiger partial charge in [-0.2, -0.15) is 0 Å². The second-order valence-corrected chi connectivity index (χ2v) is 4.44. The molecule has 0 spiro atoms. The molecule has 0 aromatic heterocycles. The van der Waals surface area contributed by atoms with Gasteiger partial charge in [0.1, 0.15) is 12.4 Å². The maximum atomic E-state index is 12.7. The minimum Gasteiger partial charge on any atom is -0.480 e. The molecule has 0 radical (unpaired) electrons. The van der Waals surface area contributed by atoms with Gasteiger partial charge in [0.2, 0.25) is 0 Å². The van der Waals surface area contributed by atoms with Crippen LogP contribution in [0.5, 0.6) is 0 Å². The first-order chi connectivity index (χ1) is 8.63. The van der Waals surface area contributed by atoms with Crippen LogP contribution in [0.2, 0.25) is 0 Å². The molecular weight excluding hydrogens is 235 g/mol. The lowest BCUT2D eigenvalue weighted by atomic mass is 9.84. The number of carboxylic acids is 1. The normalized spacial score (nSPS) is 15.7. The van der Waals surface area contributed by atoms with Crippen LogP contribution in [-0.2, 0) is 4.79 Å². The third-order valence-electron chi connectivity index (χ3n) is 3.08. The molecule has 1 aromatic rings. The molecule has 18 heavy (non-hydrogen) atoms. The second kappa shape index (κ2) is 7.82. The number of hydrogen-bond donors (Lipinski definition) is 2. The van der Waals surface area contributed by atoms with Crippen LogP contribution in [0.15, 0.2) is 24.3 Å². The Morgan fingerprint density at radius 1 is 1.17 bits per heavy atom. The Balaban J connectivity index is 0.000000280. The van der Waals surface area contributed by atoms with Crippen molar-refractivity contribution in [3.63, 3.8) is 0 Å². The summed E-state index contributed by atoms with van der Waals surface area (Å²) < 4.78 is 12.7. The van der Waals surface area contributed by atoms with Crippen molar-refractivity contribution in [3.8, 4) is 0 Å². The predicted molar refractivity (Wildman–Crippen MR) is 66.9 cm³/mol. The first-order valence-corrected chi connectivity index (χ1v) is 6.21. The van der Waals surface area contributed by atoms with Crippen molar-refractivity contribution in [3.05, 3.63) is 35.6 Å². The van der Waals surface area contributed by atoms with E-state index in [0.29, 0.717) is 5.92 Å². The zero-order chi connectivity index (χ0) is 13.4. The van der Waals surface area contributed by atoms with Gasteiger partial charge in [-0.3, -0.25) is 0 Å². The lowest BCUT2D eigenvalue weighted by Gasteiger charge is -2.21. The number of hydrogen-bond acceptors (Lipinski definition) is 2. The fourth-order valence-electron chi connectivity index (χ4n) is 2.17. The fourth-order valence-corrected chi connectivity index (χ4v) is 2.17. The summed E-state index contributed by atoms with van der Waals surface area (Å²) in [6.45, 7) is -0.778. The molecule has 100 valence electrons. The lowest BCUT2D eigenvalue weighted by molar-refractivity contribution is -0.140. The quantitative estimate of drug-likeness (QED) is 0.853. The number of aliphatic hydroxyl groups is 1. The van der Waals surface area contributed by atoms with Crippen LogP contribution < -0.4 is 0 Å². The molecule has 0 unspecified atom stereocenters. The minimum atomic E-state index is -1.19. The number of aliphatic hydroxyl groups excluding tert-OH is 1. The van der Waals surface area contributed by atoms with Crippen molar-refractivity contribution in [2.24, 2.45) is 0 Å². The van der Waals surface area contributed by atoms with E-state index < -0.39 is 12.6 Å². The SMILES string of the molecule is Fc1ccc(C2CCCCC2)cc1.O=C(O)CO. The molecule has 0 bridgehead atoms. The number of halogens is 1. The molecule has 1 fully saturated rings. The van der Waals surface area contributed by atoms with Crippen LogP contribution >= 0.6 is 0 Å². The summed E-state index contributed by atoms with van der Waals surface area (Å²) in [5.41, 5.74) is 1.32. The summed E-state index contributed by atoms with van der Waals surface area (Å²) >= 11 is 0. The third-order valence-corrected chi connectivity index (χ3v) is 3.08. The Morgan fingerprint density at radius 3 is 2.11 bits per heavy atom. The van der Waals surface area contributed by atoms with Crippen molar-refractivity contribution in [1.82, 2.24) is 0 Å². The van der Waals surface area contributed by atoms with Gasteiger partial charge in [-0.15, -0.1) is 0 Å². The summed E-state index contributed by atoms with van der Waals surface area (Å²) in [5, 5.41) is 15.0. The molecule has 2 N–H and O–H groups in total. The third kappa shape index (κ3) is 5.27. The van der Waals surface area contributed by atoms with Crippen molar-refractivity contribution < 1.29 is 19.4 Å². The van der Waals surface area contributed by atoms with Gasteiger partial charge in [-0.1, -0.05) is 31.4 Å². The highest BCUT2D eigenvalue weighted by Gasteiger charge is 2.14. The highest BCUT2D eigenvalue weighted by atomic mass is 19.1. The van der Waals surface area contributed by atoms with Gasteiger partial charge in [0.15, 0.2) is 0 Å². The average Bonchev–Trinajstić information content (AvgIpc) is 2.41. The summed E-state index contributed by atoms with van der Waals surface area (Å²) in [6.07, 6.45) is 6.61. The molecule has 2 rings (SSSR count). The Labute approximate surface area is 106 Å². The number of aliphatic carboxylic acids is 1. The predicted octanol–water partition coefficient (Wildman–Crippen LogP) is 2.94. The van der Waals surface area contributed by atoms with E-state index in [1.807, 2.05) is 12.1 Å². The van der Waals surface area contributed by atoms with Gasteiger partial charge in [0.25, 0.3) is 0 Å². The summed E-state index contributed by atoms with van der Waals surface area (Å²) in [6, 6.07) is 7.02. The number of carboxylic acid groups (broad SMARTS) is 1. The van der Waals surface area contributed by atoms with E-state index in [1.165, 1.54) is 37.7 Å². The molecule has 4 heteroatoms. The minimum absolute atomic E-state index is 0.125. The molecule has 0 aliphatic heterocycles. The van der Waals surface area contributed by atoms with Gasteiger partial charge in [-0.25, -0.2) is 9.18 Å². The molecule has 1 saturated carbocycles. The van der Waals surface area contributed by atoms with Crippen LogP contribution in [-0.4, -0.2) is 22.8 Å². The Kier molecular flexibility index (Phi) is 6.36. The van der Waals surface area contributed by atoms with Crippen LogP contribution in [0.3, 0.4) is 0 Å². The monoisotopic (exact) mass is 254 g/mol. The molecular formula is C14H19FO3. The lowest BCUT2D eigenvalue weighted by Crippen LogP contribution is -2.04. The molecule has 3 nitrogen and oxygen atoms in total. The van der Waals surface area contributed by atoms with Gasteiger partial charge in [0.05, 0.1) is 0 Å². The van der Waals surface area contributed by atoms with E-state index in [-0.39, 0.29) is 5.82 Å². The van der Waals surface area contributed by atoms with Gasteiger partial charge < -0.3 is 10.2 Å². The summed E-state index contributed by atoms with van der Waals surface area (Å²) in [4.78, 5) is 9.12. The Morgan fingerprint density at radius 2 is 1.67 bits per heavy atom. The Hall–Kier alpha value is -1.42. The highest BCUT2D eigenvalue weighted by molar-refractivity contribution is 5.67. The van der Waals surface area contributed by atoms with Crippen molar-refractivity contribution >= 4 is 5.97 Å². The molecule has 0 heterocycles. The topological polar surface area (TPSA) is 57.5 Å². The molecule has 1 aliphatic carbocycles. The van der Waals surface area contributed by atoms with Gasteiger partial charge in [-0.05, 0) is 36.5 Å². The van der Waals surface area contributed by atoms with Crippen LogP contribution in [0.25, 0.3) is 0 Å². The summed E-state index contributed by atoms with van der Waals surface area (Å²) in [7, 11) is 0. The first-order valence-electron chi connectivity index (χ1n) is 6.21. The van der Waals surface area contributed by atoms with E-state index >= 15 is 0 Å².